The Bertz CT molecular complexity index is 543. The number of aliphatic hydroxyl groups is 2. The van der Waals surface area contributed by atoms with Crippen molar-refractivity contribution in [3.8, 4) is 0 Å². The highest BCUT2D eigenvalue weighted by molar-refractivity contribution is 6.25. The van der Waals surface area contributed by atoms with Crippen molar-refractivity contribution in [1.82, 2.24) is 9.47 Å². The molecule has 0 saturated heterocycles. The average molecular weight is 312 g/mol. The third-order valence-corrected chi connectivity index (χ3v) is 3.83. The van der Waals surface area contributed by atoms with Crippen molar-refractivity contribution < 1.29 is 10.2 Å². The van der Waals surface area contributed by atoms with E-state index >= 15 is 0 Å². The first-order valence-electron chi connectivity index (χ1n) is 6.98. The fraction of sp³-hybridized carbons (Fsp3) is 0.467. The first-order chi connectivity index (χ1) is 9.98. The number of allylic oxidation sites excluding steroid dienone is 1. The molecule has 0 aliphatic heterocycles. The molecule has 0 radical (unpaired) electrons. The molecule has 0 fully saturated rings. The molecule has 0 aromatic carbocycles. The maximum absolute atomic E-state index is 9.24. The number of aryl methyl sites for hydroxylation is 1. The van der Waals surface area contributed by atoms with Gasteiger partial charge in [0, 0.05) is 49.7 Å². The van der Waals surface area contributed by atoms with E-state index < -0.39 is 5.00 Å². The molecule has 6 heteroatoms. The van der Waals surface area contributed by atoms with Crippen LogP contribution in [-0.2, 0) is 7.05 Å². The van der Waals surface area contributed by atoms with E-state index in [2.05, 4.69) is 0 Å². The molecule has 5 nitrogen and oxygen atoms in total. The van der Waals surface area contributed by atoms with Crippen molar-refractivity contribution >= 4 is 17.2 Å². The lowest BCUT2D eigenvalue weighted by atomic mass is 9.96. The molecule has 21 heavy (non-hydrogen) atoms. The van der Waals surface area contributed by atoms with E-state index in [1.54, 1.807) is 0 Å². The van der Waals surface area contributed by atoms with Crippen LogP contribution >= 0.6 is 11.6 Å². The lowest BCUT2D eigenvalue weighted by molar-refractivity contribution is 0.192. The van der Waals surface area contributed by atoms with Crippen molar-refractivity contribution in [3.05, 3.63) is 41.9 Å². The number of hydrogen-bond donors (Lipinski definition) is 3. The summed E-state index contributed by atoms with van der Waals surface area (Å²) in [5, 5.41) is 18.5. The summed E-state index contributed by atoms with van der Waals surface area (Å²) in [6, 6.07) is 3.95. The molecule has 0 bridgehead atoms. The Morgan fingerprint density at radius 2 is 2.05 bits per heavy atom. The Balaban J connectivity index is 2.41. The summed E-state index contributed by atoms with van der Waals surface area (Å²) in [7, 11) is 1.96. The zero-order chi connectivity index (χ0) is 15.5. The second-order valence-corrected chi connectivity index (χ2v) is 5.92. The molecule has 1 aliphatic carbocycles. The van der Waals surface area contributed by atoms with E-state index in [-0.39, 0.29) is 13.2 Å². The minimum absolute atomic E-state index is 0.0202. The molecule has 1 unspecified atom stereocenters. The Morgan fingerprint density at radius 3 is 2.57 bits per heavy atom. The van der Waals surface area contributed by atoms with Crippen molar-refractivity contribution in [2.75, 3.05) is 26.3 Å². The van der Waals surface area contributed by atoms with Gasteiger partial charge in [-0.15, -0.1) is 0 Å². The quantitative estimate of drug-likeness (QED) is 0.538. The van der Waals surface area contributed by atoms with Crippen LogP contribution in [0.5, 0.6) is 0 Å². The van der Waals surface area contributed by atoms with E-state index in [9.17, 15) is 10.2 Å². The molecular weight excluding hydrogens is 290 g/mol. The van der Waals surface area contributed by atoms with Gasteiger partial charge in [-0.05, 0) is 18.2 Å². The zero-order valence-corrected chi connectivity index (χ0v) is 12.9. The summed E-state index contributed by atoms with van der Waals surface area (Å²) < 4.78 is 1.99. The molecule has 2 rings (SSSR count). The zero-order valence-electron chi connectivity index (χ0n) is 12.2. The van der Waals surface area contributed by atoms with Gasteiger partial charge in [0.15, 0.2) is 0 Å². The lowest BCUT2D eigenvalue weighted by Gasteiger charge is -2.33. The van der Waals surface area contributed by atoms with Crippen LogP contribution in [0.3, 0.4) is 0 Å². The summed E-state index contributed by atoms with van der Waals surface area (Å²) in [6.07, 6.45) is 6.28. The molecule has 1 aromatic heterocycles. The van der Waals surface area contributed by atoms with Gasteiger partial charge in [0.25, 0.3) is 0 Å². The molecule has 116 valence electrons. The fourth-order valence-corrected chi connectivity index (χ4v) is 2.76. The van der Waals surface area contributed by atoms with Crippen LogP contribution in [0.4, 0.5) is 0 Å². The molecule has 0 spiro atoms. The molecule has 1 heterocycles. The molecule has 4 N–H and O–H groups in total. The van der Waals surface area contributed by atoms with Crippen molar-refractivity contribution in [1.29, 1.82) is 0 Å². The topological polar surface area (TPSA) is 74.7 Å². The second kappa shape index (κ2) is 6.66. The number of nitrogens with two attached hydrogens (primary N) is 1. The highest BCUT2D eigenvalue weighted by Gasteiger charge is 2.28. The summed E-state index contributed by atoms with van der Waals surface area (Å²) in [6.45, 7) is 0.945. The highest BCUT2D eigenvalue weighted by atomic mass is 35.5. The van der Waals surface area contributed by atoms with Gasteiger partial charge in [-0.2, -0.15) is 0 Å². The van der Waals surface area contributed by atoms with E-state index in [0.29, 0.717) is 19.5 Å². The van der Waals surface area contributed by atoms with Gasteiger partial charge in [0.1, 0.15) is 5.00 Å². The predicted octanol–water partition coefficient (Wildman–Crippen LogP) is 0.876. The van der Waals surface area contributed by atoms with Gasteiger partial charge in [0.2, 0.25) is 0 Å². The number of halogens is 1. The molecule has 0 amide bonds. The summed E-state index contributed by atoms with van der Waals surface area (Å²) in [5.74, 6) is 0. The van der Waals surface area contributed by atoms with Crippen LogP contribution in [0, 0.1) is 0 Å². The van der Waals surface area contributed by atoms with Gasteiger partial charge < -0.3 is 25.4 Å². The Kier molecular flexibility index (Phi) is 5.11. The first kappa shape index (κ1) is 16.1. The van der Waals surface area contributed by atoms with E-state index in [0.717, 1.165) is 17.0 Å². The van der Waals surface area contributed by atoms with Gasteiger partial charge in [-0.25, -0.2) is 0 Å². The number of aliphatic hydroxyl groups excluding tert-OH is 2. The van der Waals surface area contributed by atoms with E-state index in [1.807, 2.05) is 47.0 Å². The van der Waals surface area contributed by atoms with Crippen LogP contribution < -0.4 is 5.73 Å². The Hall–Kier alpha value is -1.27. The first-order valence-corrected chi connectivity index (χ1v) is 7.36. The van der Waals surface area contributed by atoms with E-state index in [4.69, 9.17) is 17.3 Å². The lowest BCUT2D eigenvalue weighted by Crippen LogP contribution is -2.36. The molecular formula is C15H22ClN3O2. The highest BCUT2D eigenvalue weighted by Crippen LogP contribution is 2.35. The normalized spacial score (nSPS) is 22.0. The maximum atomic E-state index is 9.24. The van der Waals surface area contributed by atoms with Crippen LogP contribution in [0.2, 0.25) is 0 Å². The van der Waals surface area contributed by atoms with Gasteiger partial charge >= 0.3 is 0 Å². The van der Waals surface area contributed by atoms with Gasteiger partial charge in [-0.1, -0.05) is 17.7 Å². The third-order valence-electron chi connectivity index (χ3n) is 3.57. The summed E-state index contributed by atoms with van der Waals surface area (Å²) in [5.41, 5.74) is 8.92. The van der Waals surface area contributed by atoms with Crippen LogP contribution in [0.15, 0.2) is 36.2 Å². The van der Waals surface area contributed by atoms with Crippen molar-refractivity contribution in [3.63, 3.8) is 0 Å². The Morgan fingerprint density at radius 1 is 1.38 bits per heavy atom. The summed E-state index contributed by atoms with van der Waals surface area (Å²) in [4.78, 5) is 1.04. The van der Waals surface area contributed by atoms with Gasteiger partial charge in [-0.3, -0.25) is 0 Å². The predicted molar refractivity (Wildman–Crippen MR) is 84.6 cm³/mol. The van der Waals surface area contributed by atoms with Crippen LogP contribution in [0.25, 0.3) is 5.57 Å². The van der Waals surface area contributed by atoms with Crippen LogP contribution in [0.1, 0.15) is 12.1 Å². The monoisotopic (exact) mass is 311 g/mol. The standard InChI is InChI=1S/C15H22ClN3O2/c1-18-6-2-3-13(18)12-11-15(16,17)5-4-14(12)19(7-9-20)8-10-21/h2-4,6,11,20-21H,5,7-10,17H2,1H3. The van der Waals surface area contributed by atoms with Crippen LogP contribution in [-0.4, -0.2) is 51.0 Å². The molecule has 1 aliphatic rings. The van der Waals surface area contributed by atoms with Gasteiger partial charge in [0.05, 0.1) is 13.2 Å². The number of rotatable bonds is 6. The number of aromatic nitrogens is 1. The van der Waals surface area contributed by atoms with Crippen molar-refractivity contribution in [2.24, 2.45) is 12.8 Å². The van der Waals surface area contributed by atoms with Crippen molar-refractivity contribution in [2.45, 2.75) is 11.4 Å². The minimum atomic E-state index is -0.910. The molecule has 1 atom stereocenters. The second-order valence-electron chi connectivity index (χ2n) is 5.22. The molecule has 0 saturated carbocycles. The minimum Gasteiger partial charge on any atom is -0.395 e. The maximum Gasteiger partial charge on any atom is 0.114 e. The Labute approximate surface area is 129 Å². The number of alkyl halides is 1. The SMILES string of the molecule is Cn1cccc1C1=CC(N)(Cl)CC=C1N(CCO)CCO. The average Bonchev–Trinajstić information content (AvgIpc) is 2.84. The smallest absolute Gasteiger partial charge is 0.114 e. The largest absolute Gasteiger partial charge is 0.395 e. The molecule has 1 aromatic rings. The fourth-order valence-electron chi connectivity index (χ4n) is 2.58. The summed E-state index contributed by atoms with van der Waals surface area (Å²) >= 11 is 6.29. The number of hydrogen-bond acceptors (Lipinski definition) is 4. The number of nitrogens with zero attached hydrogens (tertiary/aromatic N) is 2. The van der Waals surface area contributed by atoms with E-state index in [1.165, 1.54) is 0 Å². The third kappa shape index (κ3) is 3.68.